The number of aromatic nitrogens is 1. The molecule has 0 atom stereocenters. The molecule has 1 amide bonds. The molecule has 29 heavy (non-hydrogen) atoms. The lowest BCUT2D eigenvalue weighted by Crippen LogP contribution is -2.16. The predicted molar refractivity (Wildman–Crippen MR) is 115 cm³/mol. The van der Waals surface area contributed by atoms with E-state index in [0.717, 1.165) is 27.4 Å². The van der Waals surface area contributed by atoms with Crippen molar-refractivity contribution in [3.63, 3.8) is 0 Å². The lowest BCUT2D eigenvalue weighted by molar-refractivity contribution is 0.0929. The molecule has 2 heterocycles. The summed E-state index contributed by atoms with van der Waals surface area (Å²) in [5.41, 5.74) is 5.99. The van der Waals surface area contributed by atoms with Crippen molar-refractivity contribution in [1.29, 1.82) is 0 Å². The van der Waals surface area contributed by atoms with E-state index in [1.807, 2.05) is 54.0 Å². The summed E-state index contributed by atoms with van der Waals surface area (Å²) in [5.74, 6) is -0.217. The number of nitrogens with one attached hydrogen (secondary N) is 1. The summed E-state index contributed by atoms with van der Waals surface area (Å²) in [6.07, 6.45) is 1.55. The van der Waals surface area contributed by atoms with Crippen molar-refractivity contribution in [2.24, 2.45) is 5.10 Å². The van der Waals surface area contributed by atoms with Gasteiger partial charge >= 0.3 is 5.91 Å². The van der Waals surface area contributed by atoms with Gasteiger partial charge in [-0.15, -0.1) is 0 Å². The molecule has 148 valence electrons. The van der Waals surface area contributed by atoms with E-state index in [9.17, 15) is 4.79 Å². The van der Waals surface area contributed by atoms with Gasteiger partial charge in [0, 0.05) is 35.5 Å². The van der Waals surface area contributed by atoms with Crippen LogP contribution in [0.2, 0.25) is 5.15 Å². The van der Waals surface area contributed by atoms with Crippen LogP contribution in [0.15, 0.2) is 58.0 Å². The normalized spacial score (nSPS) is 11.7. The smallest absolute Gasteiger partial charge is 0.307 e. The summed E-state index contributed by atoms with van der Waals surface area (Å²) in [7, 11) is 1.65. The number of hydrogen-bond donors (Lipinski definition) is 1. The van der Waals surface area contributed by atoms with Crippen LogP contribution in [0, 0.1) is 6.92 Å². The van der Waals surface area contributed by atoms with Crippen LogP contribution >= 0.6 is 11.6 Å². The molecule has 0 spiro atoms. The number of hydrogen-bond acceptors (Lipinski definition) is 4. The number of hydrazone groups is 1. The Balaban J connectivity index is 1.57. The molecule has 2 aromatic heterocycles. The Morgan fingerprint density at radius 1 is 1.28 bits per heavy atom. The first kappa shape index (κ1) is 19.2. The summed E-state index contributed by atoms with van der Waals surface area (Å²) < 4.78 is 12.7. The van der Waals surface area contributed by atoms with Crippen LogP contribution in [0.1, 0.15) is 21.7 Å². The summed E-state index contributed by atoms with van der Waals surface area (Å²) >= 11 is 6.57. The quantitative estimate of drug-likeness (QED) is 0.368. The fourth-order valence-electron chi connectivity index (χ4n) is 3.31. The number of fused-ring (bicyclic) bond motifs is 2. The molecule has 7 heteroatoms. The molecular formula is C22H20ClN3O3. The molecule has 0 saturated carbocycles. The van der Waals surface area contributed by atoms with E-state index in [1.54, 1.807) is 19.4 Å². The third-order valence-electron chi connectivity index (χ3n) is 4.72. The Kier molecular flexibility index (Phi) is 5.38. The Labute approximate surface area is 172 Å². The average molecular weight is 410 g/mol. The molecule has 0 fully saturated rings. The number of methoxy groups -OCH3 is 1. The molecule has 0 aliphatic rings. The number of benzene rings is 2. The number of carbonyl (C=O) groups is 1. The lowest BCUT2D eigenvalue weighted by Gasteiger charge is -2.05. The van der Waals surface area contributed by atoms with Gasteiger partial charge in [0.05, 0.1) is 12.8 Å². The first-order chi connectivity index (χ1) is 14.1. The van der Waals surface area contributed by atoms with Crippen LogP contribution in [0.25, 0.3) is 21.9 Å². The van der Waals surface area contributed by atoms with Crippen molar-refractivity contribution in [3.05, 3.63) is 70.6 Å². The van der Waals surface area contributed by atoms with Gasteiger partial charge in [-0.05, 0) is 31.2 Å². The van der Waals surface area contributed by atoms with Crippen LogP contribution in [-0.4, -0.2) is 30.4 Å². The van der Waals surface area contributed by atoms with Gasteiger partial charge in [0.25, 0.3) is 0 Å². The second kappa shape index (κ2) is 8.11. The molecular weight excluding hydrogens is 390 g/mol. The molecule has 6 nitrogen and oxygen atoms in total. The number of ether oxygens (including phenoxy) is 1. The zero-order valence-corrected chi connectivity index (χ0v) is 16.9. The number of para-hydroxylation sites is 1. The van der Waals surface area contributed by atoms with Crippen molar-refractivity contribution in [2.45, 2.75) is 13.5 Å². The van der Waals surface area contributed by atoms with E-state index in [2.05, 4.69) is 10.5 Å². The van der Waals surface area contributed by atoms with E-state index < -0.39 is 5.91 Å². The number of rotatable bonds is 6. The Morgan fingerprint density at radius 2 is 2.10 bits per heavy atom. The fourth-order valence-corrected chi connectivity index (χ4v) is 3.63. The van der Waals surface area contributed by atoms with Crippen molar-refractivity contribution in [3.8, 4) is 0 Å². The van der Waals surface area contributed by atoms with Crippen LogP contribution in [-0.2, 0) is 11.3 Å². The maximum atomic E-state index is 12.4. The van der Waals surface area contributed by atoms with Crippen LogP contribution < -0.4 is 5.43 Å². The van der Waals surface area contributed by atoms with Crippen molar-refractivity contribution in [2.75, 3.05) is 13.7 Å². The molecule has 0 saturated heterocycles. The Bertz CT molecular complexity index is 1220. The number of aryl methyl sites for hydroxylation is 1. The van der Waals surface area contributed by atoms with Gasteiger partial charge in [0.15, 0.2) is 5.76 Å². The highest BCUT2D eigenvalue weighted by Gasteiger charge is 2.15. The maximum Gasteiger partial charge on any atom is 0.307 e. The van der Waals surface area contributed by atoms with Gasteiger partial charge in [-0.3, -0.25) is 4.79 Å². The minimum absolute atomic E-state index is 0.205. The van der Waals surface area contributed by atoms with Crippen molar-refractivity contribution < 1.29 is 13.9 Å². The van der Waals surface area contributed by atoms with Gasteiger partial charge in [0.1, 0.15) is 10.7 Å². The number of halogens is 1. The molecule has 1 N–H and O–H groups in total. The summed E-state index contributed by atoms with van der Waals surface area (Å²) in [6.45, 7) is 3.15. The number of furan rings is 1. The molecule has 4 rings (SSSR count). The van der Waals surface area contributed by atoms with E-state index in [1.165, 1.54) is 0 Å². The molecule has 0 unspecified atom stereocenters. The third-order valence-corrected chi connectivity index (χ3v) is 5.13. The standard InChI is InChI=1S/C22H20ClN3O3/c1-14-7-8-19-15(11-14)12-20(29-19)22(27)25-24-13-17-16-5-3-4-6-18(16)26(21(17)23)9-10-28-2/h3-8,11-13H,9-10H2,1-2H3,(H,25,27). The zero-order chi connectivity index (χ0) is 20.4. The molecule has 0 aliphatic heterocycles. The highest BCUT2D eigenvalue weighted by atomic mass is 35.5. The van der Waals surface area contributed by atoms with Crippen molar-refractivity contribution in [1.82, 2.24) is 9.99 Å². The van der Waals surface area contributed by atoms with Gasteiger partial charge in [-0.2, -0.15) is 5.10 Å². The fraction of sp³-hybridized carbons (Fsp3) is 0.182. The first-order valence-corrected chi connectivity index (χ1v) is 9.55. The highest BCUT2D eigenvalue weighted by molar-refractivity contribution is 6.34. The Morgan fingerprint density at radius 3 is 2.93 bits per heavy atom. The monoisotopic (exact) mass is 409 g/mol. The SMILES string of the molecule is COCCn1c(Cl)c(C=NNC(=O)c2cc3cc(C)ccc3o2)c2ccccc21. The predicted octanol–water partition coefficient (Wildman–Crippen LogP) is 4.76. The van der Waals surface area contributed by atoms with Gasteiger partial charge in [0.2, 0.25) is 0 Å². The number of carbonyl (C=O) groups excluding carboxylic acids is 1. The van der Waals surface area contributed by atoms with Crippen LogP contribution in [0.4, 0.5) is 0 Å². The van der Waals surface area contributed by atoms with E-state index in [4.69, 9.17) is 20.8 Å². The van der Waals surface area contributed by atoms with Gasteiger partial charge in [-0.1, -0.05) is 41.4 Å². The number of amides is 1. The molecule has 0 aliphatic carbocycles. The zero-order valence-electron chi connectivity index (χ0n) is 16.1. The molecule has 0 bridgehead atoms. The van der Waals surface area contributed by atoms with Crippen LogP contribution in [0.3, 0.4) is 0 Å². The molecule has 4 aromatic rings. The van der Waals surface area contributed by atoms with E-state index in [-0.39, 0.29) is 5.76 Å². The topological polar surface area (TPSA) is 68.8 Å². The summed E-state index contributed by atoms with van der Waals surface area (Å²) in [4.78, 5) is 12.4. The molecule has 0 radical (unpaired) electrons. The number of nitrogens with zero attached hydrogens (tertiary/aromatic N) is 2. The van der Waals surface area contributed by atoms with Gasteiger partial charge < -0.3 is 13.7 Å². The van der Waals surface area contributed by atoms with E-state index in [0.29, 0.717) is 23.9 Å². The maximum absolute atomic E-state index is 12.4. The first-order valence-electron chi connectivity index (χ1n) is 9.17. The Hall–Kier alpha value is -3.09. The minimum atomic E-state index is -0.422. The lowest BCUT2D eigenvalue weighted by atomic mass is 10.2. The summed E-state index contributed by atoms with van der Waals surface area (Å²) in [5, 5.41) is 6.47. The molecule has 2 aromatic carbocycles. The second-order valence-electron chi connectivity index (χ2n) is 6.72. The second-order valence-corrected chi connectivity index (χ2v) is 7.08. The highest BCUT2D eigenvalue weighted by Crippen LogP contribution is 2.28. The largest absolute Gasteiger partial charge is 0.451 e. The van der Waals surface area contributed by atoms with E-state index >= 15 is 0 Å². The summed E-state index contributed by atoms with van der Waals surface area (Å²) in [6, 6.07) is 15.3. The van der Waals surface area contributed by atoms with Crippen LogP contribution in [0.5, 0.6) is 0 Å². The third kappa shape index (κ3) is 3.77. The average Bonchev–Trinajstić information content (AvgIpc) is 3.25. The minimum Gasteiger partial charge on any atom is -0.451 e. The van der Waals surface area contributed by atoms with Crippen molar-refractivity contribution >= 4 is 45.6 Å². The van der Waals surface area contributed by atoms with Gasteiger partial charge in [-0.25, -0.2) is 5.43 Å².